The molecule has 1 aromatic carbocycles. The average Bonchev–Trinajstić information content (AvgIpc) is 2.58. The molecule has 6 nitrogen and oxygen atoms in total. The Kier molecular flexibility index (Phi) is 8.75. The topological polar surface area (TPSA) is 73.9 Å². The lowest BCUT2D eigenvalue weighted by Gasteiger charge is -2.24. The van der Waals surface area contributed by atoms with E-state index in [1.807, 2.05) is 24.3 Å². The maximum Gasteiger partial charge on any atom is 0.412 e. The summed E-state index contributed by atoms with van der Waals surface area (Å²) in [5.41, 5.74) is 0.0681. The molecule has 156 valence electrons. The van der Waals surface area contributed by atoms with E-state index in [0.29, 0.717) is 0 Å². The van der Waals surface area contributed by atoms with Crippen molar-refractivity contribution in [3.05, 3.63) is 35.5 Å². The number of hydrogen-bond donors (Lipinski definition) is 1. The third-order valence-electron chi connectivity index (χ3n) is 3.76. The Bertz CT molecular complexity index is 690. The number of unbranched alkanes of at least 4 members (excludes halogenated alkanes) is 1. The molecule has 1 amide bonds. The highest BCUT2D eigenvalue weighted by atomic mass is 28.4. The number of benzene rings is 1. The van der Waals surface area contributed by atoms with Gasteiger partial charge < -0.3 is 13.9 Å². The Labute approximate surface area is 169 Å². The van der Waals surface area contributed by atoms with Crippen LogP contribution in [0.3, 0.4) is 0 Å². The van der Waals surface area contributed by atoms with E-state index in [9.17, 15) is 9.59 Å². The fraction of sp³-hybridized carbons (Fsp3) is 0.524. The van der Waals surface area contributed by atoms with Crippen molar-refractivity contribution in [2.75, 3.05) is 7.11 Å². The maximum absolute atomic E-state index is 12.0. The summed E-state index contributed by atoms with van der Waals surface area (Å²) in [6.07, 6.45) is 3.15. The number of carbonyl (C=O) groups is 2. The monoisotopic (exact) mass is 407 g/mol. The Hall–Kier alpha value is -2.28. The van der Waals surface area contributed by atoms with Gasteiger partial charge in [0.05, 0.1) is 7.11 Å². The molecule has 0 radical (unpaired) electrons. The molecule has 0 bridgehead atoms. The standard InChI is InChI=1S/C21H33NO5Si/c1-8-9-14-28(6,7)27-17-12-10-16(11-13-17)15-18(19(23)25-5)22-20(24)26-21(2,3)4/h10-13,15H,8-9,14H2,1-7H3,(H,22,24)/b18-15-. The zero-order valence-corrected chi connectivity index (χ0v) is 19.0. The molecule has 0 aromatic heterocycles. The zero-order chi connectivity index (χ0) is 21.4. The molecule has 0 aliphatic carbocycles. The summed E-state index contributed by atoms with van der Waals surface area (Å²) < 4.78 is 16.1. The molecule has 0 spiro atoms. The minimum atomic E-state index is -1.75. The van der Waals surface area contributed by atoms with Gasteiger partial charge in [-0.15, -0.1) is 0 Å². The zero-order valence-electron chi connectivity index (χ0n) is 18.0. The number of esters is 1. The van der Waals surface area contributed by atoms with E-state index in [1.165, 1.54) is 13.5 Å². The van der Waals surface area contributed by atoms with Gasteiger partial charge >= 0.3 is 12.1 Å². The molecule has 0 aliphatic heterocycles. The third kappa shape index (κ3) is 9.08. The third-order valence-corrected chi connectivity index (χ3v) is 6.10. The number of rotatable bonds is 8. The lowest BCUT2D eigenvalue weighted by molar-refractivity contribution is -0.136. The summed E-state index contributed by atoms with van der Waals surface area (Å²) in [5.74, 6) is 0.156. The summed E-state index contributed by atoms with van der Waals surface area (Å²) in [7, 11) is -0.489. The normalized spacial score (nSPS) is 12.3. The van der Waals surface area contributed by atoms with Crippen molar-refractivity contribution < 1.29 is 23.5 Å². The van der Waals surface area contributed by atoms with Crippen molar-refractivity contribution in [1.82, 2.24) is 5.32 Å². The van der Waals surface area contributed by atoms with Crippen LogP contribution in [0.1, 0.15) is 46.1 Å². The largest absolute Gasteiger partial charge is 0.544 e. The smallest absolute Gasteiger partial charge is 0.412 e. The highest BCUT2D eigenvalue weighted by Crippen LogP contribution is 2.22. The Morgan fingerprint density at radius 1 is 1.14 bits per heavy atom. The van der Waals surface area contributed by atoms with Crippen LogP contribution in [0.15, 0.2) is 30.0 Å². The first-order chi connectivity index (χ1) is 13.0. The van der Waals surface area contributed by atoms with Gasteiger partial charge in [-0.25, -0.2) is 9.59 Å². The van der Waals surface area contributed by atoms with E-state index >= 15 is 0 Å². The molecule has 7 heteroatoms. The maximum atomic E-state index is 12.0. The Morgan fingerprint density at radius 3 is 2.25 bits per heavy atom. The fourth-order valence-corrected chi connectivity index (χ4v) is 4.52. The summed E-state index contributed by atoms with van der Waals surface area (Å²) in [4.78, 5) is 24.0. The minimum Gasteiger partial charge on any atom is -0.544 e. The molecule has 0 aliphatic rings. The minimum absolute atomic E-state index is 0.00284. The van der Waals surface area contributed by atoms with Crippen LogP contribution >= 0.6 is 0 Å². The number of methoxy groups -OCH3 is 1. The number of carbonyl (C=O) groups excluding carboxylic acids is 2. The molecule has 0 saturated carbocycles. The molecule has 0 unspecified atom stereocenters. The van der Waals surface area contributed by atoms with E-state index in [4.69, 9.17) is 13.9 Å². The first kappa shape index (κ1) is 23.8. The molecular formula is C21H33NO5Si. The van der Waals surface area contributed by atoms with Crippen LogP contribution in [-0.4, -0.2) is 33.1 Å². The van der Waals surface area contributed by atoms with E-state index < -0.39 is 26.0 Å². The predicted molar refractivity (Wildman–Crippen MR) is 114 cm³/mol. The van der Waals surface area contributed by atoms with E-state index in [0.717, 1.165) is 23.8 Å². The van der Waals surface area contributed by atoms with Crippen molar-refractivity contribution in [2.45, 2.75) is 65.3 Å². The van der Waals surface area contributed by atoms with Gasteiger partial charge in [-0.3, -0.25) is 5.32 Å². The van der Waals surface area contributed by atoms with Crippen molar-refractivity contribution in [1.29, 1.82) is 0 Å². The van der Waals surface area contributed by atoms with Crippen molar-refractivity contribution in [3.8, 4) is 5.75 Å². The molecule has 1 rings (SSSR count). The van der Waals surface area contributed by atoms with Gasteiger partial charge in [0.2, 0.25) is 8.32 Å². The number of hydrogen-bond acceptors (Lipinski definition) is 5. The summed E-state index contributed by atoms with van der Waals surface area (Å²) in [5, 5.41) is 2.45. The predicted octanol–water partition coefficient (Wildman–Crippen LogP) is 5.11. The Morgan fingerprint density at radius 2 is 1.75 bits per heavy atom. The van der Waals surface area contributed by atoms with Gasteiger partial charge in [0.15, 0.2) is 0 Å². The number of nitrogens with one attached hydrogen (secondary N) is 1. The molecule has 0 heterocycles. The molecule has 1 aromatic rings. The van der Waals surface area contributed by atoms with Crippen LogP contribution in [-0.2, 0) is 14.3 Å². The van der Waals surface area contributed by atoms with Crippen molar-refractivity contribution >= 4 is 26.5 Å². The van der Waals surface area contributed by atoms with Crippen molar-refractivity contribution in [3.63, 3.8) is 0 Å². The Balaban J connectivity index is 2.91. The first-order valence-electron chi connectivity index (χ1n) is 9.55. The lowest BCUT2D eigenvalue weighted by atomic mass is 10.2. The van der Waals surface area contributed by atoms with Gasteiger partial charge in [0.25, 0.3) is 0 Å². The molecule has 0 atom stereocenters. The van der Waals surface area contributed by atoms with E-state index in [2.05, 4.69) is 25.3 Å². The first-order valence-corrected chi connectivity index (χ1v) is 12.7. The second kappa shape index (κ2) is 10.3. The van der Waals surface area contributed by atoms with E-state index in [-0.39, 0.29) is 5.70 Å². The van der Waals surface area contributed by atoms with Gasteiger partial charge in [0, 0.05) is 0 Å². The van der Waals surface area contributed by atoms with Crippen LogP contribution in [0.4, 0.5) is 4.79 Å². The van der Waals surface area contributed by atoms with Crippen LogP contribution in [0, 0.1) is 0 Å². The van der Waals surface area contributed by atoms with Crippen molar-refractivity contribution in [2.24, 2.45) is 0 Å². The average molecular weight is 408 g/mol. The van der Waals surface area contributed by atoms with Crippen LogP contribution in [0.2, 0.25) is 19.1 Å². The number of ether oxygens (including phenoxy) is 2. The molecule has 0 fully saturated rings. The number of amides is 1. The van der Waals surface area contributed by atoms with Gasteiger partial charge in [-0.05, 0) is 63.7 Å². The molecule has 28 heavy (non-hydrogen) atoms. The SMILES string of the molecule is CCCC[Si](C)(C)Oc1ccc(/C=C(\NC(=O)OC(C)(C)C)C(=O)OC)cc1. The summed E-state index contributed by atoms with van der Waals surface area (Å²) >= 11 is 0. The van der Waals surface area contributed by atoms with Gasteiger partial charge in [-0.2, -0.15) is 0 Å². The second-order valence-corrected chi connectivity index (χ2v) is 12.4. The lowest BCUT2D eigenvalue weighted by Crippen LogP contribution is -2.34. The molecular weight excluding hydrogens is 374 g/mol. The summed E-state index contributed by atoms with van der Waals surface area (Å²) in [6.45, 7) is 11.8. The highest BCUT2D eigenvalue weighted by molar-refractivity contribution is 6.71. The van der Waals surface area contributed by atoms with Crippen LogP contribution in [0.5, 0.6) is 5.75 Å². The van der Waals surface area contributed by atoms with Crippen LogP contribution < -0.4 is 9.74 Å². The molecule has 1 N–H and O–H groups in total. The van der Waals surface area contributed by atoms with Crippen LogP contribution in [0.25, 0.3) is 6.08 Å². The quantitative estimate of drug-likeness (QED) is 0.368. The fourth-order valence-electron chi connectivity index (χ4n) is 2.44. The van der Waals surface area contributed by atoms with Gasteiger partial charge in [-0.1, -0.05) is 31.9 Å². The summed E-state index contributed by atoms with van der Waals surface area (Å²) in [6, 6.07) is 8.51. The molecule has 0 saturated heterocycles. The second-order valence-electron chi connectivity index (χ2n) is 8.21. The number of alkyl carbamates (subject to hydrolysis) is 1. The highest BCUT2D eigenvalue weighted by Gasteiger charge is 2.23. The van der Waals surface area contributed by atoms with E-state index in [1.54, 1.807) is 26.8 Å². The van der Waals surface area contributed by atoms with Gasteiger partial charge in [0.1, 0.15) is 17.0 Å².